The minimum atomic E-state index is -0.986. The summed E-state index contributed by atoms with van der Waals surface area (Å²) in [5.41, 5.74) is 1.13. The van der Waals surface area contributed by atoms with Crippen molar-refractivity contribution in [2.24, 2.45) is 0 Å². The van der Waals surface area contributed by atoms with Gasteiger partial charge in [-0.15, -0.1) is 11.3 Å². The Hall–Kier alpha value is 1.70. The Kier molecular flexibility index (Phi) is 8.96. The van der Waals surface area contributed by atoms with E-state index in [9.17, 15) is 4.21 Å². The van der Waals surface area contributed by atoms with Gasteiger partial charge in [-0.25, -0.2) is 9.19 Å². The van der Waals surface area contributed by atoms with Crippen molar-refractivity contribution in [2.45, 2.75) is 12.3 Å². The maximum Gasteiger partial charge on any atom is 0.159 e. The Bertz CT molecular complexity index is 286. The average molecular weight is 479 g/mol. The lowest BCUT2D eigenvalue weighted by molar-refractivity contribution is 0.700. The number of rotatable bonds is 1. The molecule has 1 rings (SSSR count). The van der Waals surface area contributed by atoms with E-state index in [1.807, 2.05) is 0 Å². The van der Waals surface area contributed by atoms with Crippen LogP contribution in [0.15, 0.2) is 3.92 Å². The van der Waals surface area contributed by atoms with Crippen LogP contribution in [0.25, 0.3) is 0 Å². The molecule has 13 heavy (non-hydrogen) atoms. The number of hydrogen-bond acceptors (Lipinski definition) is 3. The molecule has 76 valence electrons. The van der Waals surface area contributed by atoms with Gasteiger partial charge in [0.25, 0.3) is 0 Å². The maximum absolute atomic E-state index is 9.39. The molecule has 2 nitrogen and oxygen atoms in total. The van der Waals surface area contributed by atoms with Crippen LogP contribution in [-0.4, -0.2) is 9.19 Å². The Labute approximate surface area is 115 Å². The molecule has 1 aromatic rings. The second-order valence-electron chi connectivity index (χ2n) is 1.79. The van der Waals surface area contributed by atoms with Crippen molar-refractivity contribution in [1.82, 2.24) is 4.98 Å². The summed E-state index contributed by atoms with van der Waals surface area (Å²) in [6, 6.07) is 0. The zero-order valence-electron chi connectivity index (χ0n) is 6.39. The molecule has 0 saturated heterocycles. The van der Waals surface area contributed by atoms with E-state index in [1.54, 1.807) is 11.3 Å². The van der Waals surface area contributed by atoms with Crippen LogP contribution in [-0.2, 0) is 13.0 Å². The minimum Gasteiger partial charge on any atom is -0.235 e. The number of aromatic nitrogens is 1. The summed E-state index contributed by atoms with van der Waals surface area (Å²) < 4.78 is 10.4. The maximum atomic E-state index is 9.39. The van der Waals surface area contributed by atoms with E-state index in [2.05, 4.69) is 73.4 Å². The number of alkyl halides is 1. The van der Waals surface area contributed by atoms with E-state index < -0.39 is 7.67 Å². The molecule has 0 unspecified atom stereocenters. The van der Waals surface area contributed by atoms with Crippen LogP contribution in [0.4, 0.5) is 0 Å². The van der Waals surface area contributed by atoms with Crippen LogP contribution in [0, 0.1) is 6.92 Å². The average Bonchev–Trinajstić information content (AvgIpc) is 2.28. The Morgan fingerprint density at radius 3 is 2.15 bits per heavy atom. The first-order chi connectivity index (χ1) is 5.97. The molecule has 0 aliphatic carbocycles. The first kappa shape index (κ1) is 14.7. The Balaban J connectivity index is 0.000000310. The predicted octanol–water partition coefficient (Wildman–Crippen LogP) is 4.46. The van der Waals surface area contributed by atoms with Gasteiger partial charge < -0.3 is 0 Å². The van der Waals surface area contributed by atoms with Crippen molar-refractivity contribution in [1.29, 1.82) is 0 Å². The summed E-state index contributed by atoms with van der Waals surface area (Å²) in [5.74, 6) is 0. The monoisotopic (exact) mass is 475 g/mol. The molecule has 0 amide bonds. The fraction of sp³-hybridized carbons (Fsp3) is 0.400. The third kappa shape index (κ3) is 7.61. The number of hydrogen-bond donors (Lipinski definition) is 0. The fourth-order valence-electron chi connectivity index (χ4n) is 0.517. The highest BCUT2D eigenvalue weighted by atomic mass is 79.9. The molecule has 0 aromatic carbocycles. The molecular formula is C5H5Br4NOS2. The van der Waals surface area contributed by atoms with E-state index >= 15 is 0 Å². The van der Waals surface area contributed by atoms with Crippen molar-refractivity contribution in [3.8, 4) is 0 Å². The number of aryl methyl sites for hydroxylation is 1. The van der Waals surface area contributed by atoms with E-state index in [4.69, 9.17) is 0 Å². The normalized spacial score (nSPS) is 9.69. The molecule has 0 aliphatic rings. The topological polar surface area (TPSA) is 30.0 Å². The van der Waals surface area contributed by atoms with Gasteiger partial charge in [-0.2, -0.15) is 0 Å². The lowest BCUT2D eigenvalue weighted by Gasteiger charge is -1.84. The molecule has 8 heteroatoms. The predicted molar refractivity (Wildman–Crippen MR) is 73.2 cm³/mol. The van der Waals surface area contributed by atoms with E-state index in [1.165, 1.54) is 4.88 Å². The first-order valence-corrected chi connectivity index (χ1v) is 10.5. The summed E-state index contributed by atoms with van der Waals surface area (Å²) in [5, 5.41) is 0.848. The highest BCUT2D eigenvalue weighted by Gasteiger charge is 2.01. The van der Waals surface area contributed by atoms with Crippen molar-refractivity contribution < 1.29 is 4.21 Å². The highest BCUT2D eigenvalue weighted by Crippen LogP contribution is 2.23. The summed E-state index contributed by atoms with van der Waals surface area (Å²) in [4.78, 5) is 5.49. The number of nitrogens with zero attached hydrogens (tertiary/aromatic N) is 1. The van der Waals surface area contributed by atoms with Crippen molar-refractivity contribution in [3.63, 3.8) is 0 Å². The van der Waals surface area contributed by atoms with Crippen LogP contribution in [0.1, 0.15) is 10.6 Å². The Morgan fingerprint density at radius 1 is 1.54 bits per heavy atom. The van der Waals surface area contributed by atoms with Gasteiger partial charge in [-0.3, -0.25) is 0 Å². The van der Waals surface area contributed by atoms with Crippen LogP contribution in [0.5, 0.6) is 0 Å². The SMILES string of the molecule is Cc1sc(Br)nc1CBr.O=S(Br)Br. The van der Waals surface area contributed by atoms with E-state index in [0.717, 1.165) is 14.9 Å². The van der Waals surface area contributed by atoms with E-state index in [-0.39, 0.29) is 0 Å². The summed E-state index contributed by atoms with van der Waals surface area (Å²) in [6.45, 7) is 2.07. The first-order valence-electron chi connectivity index (χ1n) is 2.89. The molecule has 1 aromatic heterocycles. The lowest BCUT2D eigenvalue weighted by Crippen LogP contribution is -1.77. The van der Waals surface area contributed by atoms with Gasteiger partial charge in [0.2, 0.25) is 0 Å². The lowest BCUT2D eigenvalue weighted by atomic mass is 10.4. The van der Waals surface area contributed by atoms with Gasteiger partial charge in [0.1, 0.15) is 0 Å². The molecule has 0 radical (unpaired) electrons. The Morgan fingerprint density at radius 2 is 2.00 bits per heavy atom. The van der Waals surface area contributed by atoms with Gasteiger partial charge in [-0.05, 0) is 22.9 Å². The molecular weight excluding hydrogens is 474 g/mol. The standard InChI is InChI=1S/C5H5Br2NS.Br2OS/c1-3-4(2-6)8-5(7)9-3;1-4(2)3/h2H2,1H3;. The molecule has 1 heterocycles. The molecule has 0 aliphatic heterocycles. The zero-order valence-corrected chi connectivity index (χ0v) is 14.4. The van der Waals surface area contributed by atoms with Crippen LogP contribution >= 0.6 is 72.8 Å². The molecule has 0 atom stereocenters. The third-order valence-corrected chi connectivity index (χ3v) is 2.99. The summed E-state index contributed by atoms with van der Waals surface area (Å²) in [6.07, 6.45) is 0. The van der Waals surface area contributed by atoms with E-state index in [0.29, 0.717) is 0 Å². The van der Waals surface area contributed by atoms with Crippen LogP contribution in [0.2, 0.25) is 0 Å². The van der Waals surface area contributed by atoms with Gasteiger partial charge in [-0.1, -0.05) is 15.9 Å². The van der Waals surface area contributed by atoms with Crippen LogP contribution in [0.3, 0.4) is 0 Å². The minimum absolute atomic E-state index is 0.848. The third-order valence-electron chi connectivity index (χ3n) is 0.993. The van der Waals surface area contributed by atoms with Gasteiger partial charge >= 0.3 is 0 Å². The van der Waals surface area contributed by atoms with Gasteiger partial charge in [0, 0.05) is 39.8 Å². The number of halogens is 4. The molecule has 0 spiro atoms. The largest absolute Gasteiger partial charge is 0.235 e. The summed E-state index contributed by atoms with van der Waals surface area (Å²) >= 11 is 13.6. The summed E-state index contributed by atoms with van der Waals surface area (Å²) in [7, 11) is -0.986. The van der Waals surface area contributed by atoms with Gasteiger partial charge in [0.05, 0.1) is 5.69 Å². The van der Waals surface area contributed by atoms with Crippen molar-refractivity contribution >= 4 is 80.5 Å². The second-order valence-corrected chi connectivity index (χ2v) is 11.3. The van der Waals surface area contributed by atoms with Gasteiger partial charge in [0.15, 0.2) is 11.6 Å². The fourth-order valence-corrected chi connectivity index (χ4v) is 2.83. The van der Waals surface area contributed by atoms with Crippen molar-refractivity contribution in [2.75, 3.05) is 0 Å². The highest BCUT2D eigenvalue weighted by molar-refractivity contribution is 9.78. The van der Waals surface area contributed by atoms with Crippen molar-refractivity contribution in [3.05, 3.63) is 14.5 Å². The molecule has 0 saturated carbocycles. The molecule has 0 bridgehead atoms. The van der Waals surface area contributed by atoms with Crippen LogP contribution < -0.4 is 0 Å². The quantitative estimate of drug-likeness (QED) is 0.440. The smallest absolute Gasteiger partial charge is 0.159 e. The number of thiazole rings is 1. The zero-order chi connectivity index (χ0) is 10.4. The molecule has 0 fully saturated rings. The second kappa shape index (κ2) is 7.92. The molecule has 0 N–H and O–H groups in total.